The summed E-state index contributed by atoms with van der Waals surface area (Å²) < 4.78 is 1.88. The Bertz CT molecular complexity index is 837. The third kappa shape index (κ3) is 2.94. The zero-order valence-corrected chi connectivity index (χ0v) is 12.9. The van der Waals surface area contributed by atoms with Crippen molar-refractivity contribution in [2.24, 2.45) is 0 Å². The Hall–Kier alpha value is -3.08. The third-order valence-electron chi connectivity index (χ3n) is 3.87. The second-order valence-electron chi connectivity index (χ2n) is 5.37. The summed E-state index contributed by atoms with van der Waals surface area (Å²) >= 11 is 0. The third-order valence-corrected chi connectivity index (χ3v) is 3.87. The van der Waals surface area contributed by atoms with Gasteiger partial charge < -0.3 is 15.0 Å². The Morgan fingerprint density at radius 2 is 1.87 bits per heavy atom. The Labute approximate surface area is 134 Å². The van der Waals surface area contributed by atoms with Crippen LogP contribution in [0.1, 0.15) is 21.5 Å². The molecule has 0 fully saturated rings. The number of carbonyl (C=O) groups is 1. The van der Waals surface area contributed by atoms with Crippen molar-refractivity contribution < 1.29 is 9.90 Å². The zero-order chi connectivity index (χ0) is 16.4. The second kappa shape index (κ2) is 5.96. The number of benzene rings is 2. The molecule has 1 amide bonds. The molecule has 5 nitrogen and oxygen atoms in total. The molecule has 0 aliphatic heterocycles. The van der Waals surface area contributed by atoms with Crippen molar-refractivity contribution in [1.82, 2.24) is 9.55 Å². The quantitative estimate of drug-likeness (QED) is 0.779. The molecule has 3 rings (SSSR count). The van der Waals surface area contributed by atoms with Crippen LogP contribution < -0.4 is 5.32 Å². The van der Waals surface area contributed by atoms with Crippen LogP contribution >= 0.6 is 0 Å². The molecule has 1 aromatic heterocycles. The van der Waals surface area contributed by atoms with Gasteiger partial charge in [0.05, 0.1) is 11.9 Å². The van der Waals surface area contributed by atoms with Crippen molar-refractivity contribution >= 4 is 11.6 Å². The van der Waals surface area contributed by atoms with E-state index in [0.29, 0.717) is 11.3 Å². The maximum absolute atomic E-state index is 12.3. The van der Waals surface area contributed by atoms with Gasteiger partial charge >= 0.3 is 0 Å². The van der Waals surface area contributed by atoms with Crippen molar-refractivity contribution in [1.29, 1.82) is 0 Å². The van der Waals surface area contributed by atoms with Crippen LogP contribution in [0.25, 0.3) is 5.69 Å². The number of hydrogen-bond donors (Lipinski definition) is 2. The lowest BCUT2D eigenvalue weighted by atomic mass is 10.0. The van der Waals surface area contributed by atoms with Crippen molar-refractivity contribution in [3.05, 3.63) is 71.8 Å². The molecule has 0 aliphatic carbocycles. The number of aromatic nitrogens is 2. The first kappa shape index (κ1) is 14.8. The van der Waals surface area contributed by atoms with Crippen LogP contribution in [0.15, 0.2) is 55.1 Å². The molecule has 1 heterocycles. The summed E-state index contributed by atoms with van der Waals surface area (Å²) in [5.74, 6) is -0.307. The highest BCUT2D eigenvalue weighted by Gasteiger charge is 2.14. The maximum atomic E-state index is 12.3. The van der Waals surface area contributed by atoms with Gasteiger partial charge in [-0.3, -0.25) is 4.79 Å². The van der Waals surface area contributed by atoms with Gasteiger partial charge in [-0.15, -0.1) is 0 Å². The molecule has 0 atom stereocenters. The van der Waals surface area contributed by atoms with Crippen LogP contribution in [0.2, 0.25) is 0 Å². The molecule has 0 unspecified atom stereocenters. The molecule has 116 valence electrons. The SMILES string of the molecule is Cc1ccc(C(=O)Nc2ccc(-n3ccnc3)cc2)c(O)c1C. The second-order valence-corrected chi connectivity index (χ2v) is 5.37. The van der Waals surface area contributed by atoms with E-state index in [-0.39, 0.29) is 17.2 Å². The molecule has 5 heteroatoms. The number of phenolic OH excluding ortho intramolecular Hbond substituents is 1. The Morgan fingerprint density at radius 3 is 2.52 bits per heavy atom. The van der Waals surface area contributed by atoms with Gasteiger partial charge in [0, 0.05) is 23.8 Å². The fourth-order valence-corrected chi connectivity index (χ4v) is 2.31. The zero-order valence-electron chi connectivity index (χ0n) is 12.9. The van der Waals surface area contributed by atoms with Crippen LogP contribution in [0, 0.1) is 13.8 Å². The van der Waals surface area contributed by atoms with E-state index < -0.39 is 0 Å². The number of phenols is 1. The number of hydrogen-bond acceptors (Lipinski definition) is 3. The average molecular weight is 307 g/mol. The predicted molar refractivity (Wildman–Crippen MR) is 89.1 cm³/mol. The minimum atomic E-state index is -0.332. The molecule has 3 aromatic rings. The van der Waals surface area contributed by atoms with E-state index in [4.69, 9.17) is 0 Å². The summed E-state index contributed by atoms with van der Waals surface area (Å²) in [6.07, 6.45) is 5.26. The Morgan fingerprint density at radius 1 is 1.13 bits per heavy atom. The molecule has 0 aliphatic rings. The van der Waals surface area contributed by atoms with Crippen molar-refractivity contribution in [2.45, 2.75) is 13.8 Å². The molecular formula is C18H17N3O2. The number of nitrogens with one attached hydrogen (secondary N) is 1. The lowest BCUT2D eigenvalue weighted by Crippen LogP contribution is -2.12. The molecule has 23 heavy (non-hydrogen) atoms. The van der Waals surface area contributed by atoms with Gasteiger partial charge in [-0.1, -0.05) is 6.07 Å². The highest BCUT2D eigenvalue weighted by Crippen LogP contribution is 2.25. The maximum Gasteiger partial charge on any atom is 0.259 e. The summed E-state index contributed by atoms with van der Waals surface area (Å²) in [7, 11) is 0. The first-order valence-electron chi connectivity index (χ1n) is 7.25. The number of carbonyl (C=O) groups excluding carboxylic acids is 1. The molecule has 2 aromatic carbocycles. The summed E-state index contributed by atoms with van der Waals surface area (Å²) in [5, 5.41) is 12.9. The lowest BCUT2D eigenvalue weighted by Gasteiger charge is -2.11. The summed E-state index contributed by atoms with van der Waals surface area (Å²) in [6, 6.07) is 10.9. The van der Waals surface area contributed by atoms with E-state index in [1.807, 2.05) is 48.0 Å². The lowest BCUT2D eigenvalue weighted by molar-refractivity contribution is 0.102. The first-order valence-corrected chi connectivity index (χ1v) is 7.25. The molecule has 0 spiro atoms. The van der Waals surface area contributed by atoms with Crippen molar-refractivity contribution in [3.8, 4) is 11.4 Å². The molecular weight excluding hydrogens is 290 g/mol. The molecule has 0 bridgehead atoms. The van der Waals surface area contributed by atoms with Gasteiger partial charge in [0.15, 0.2) is 0 Å². The fraction of sp³-hybridized carbons (Fsp3) is 0.111. The minimum absolute atomic E-state index is 0.0255. The van der Waals surface area contributed by atoms with Crippen molar-refractivity contribution in [3.63, 3.8) is 0 Å². The summed E-state index contributed by atoms with van der Waals surface area (Å²) in [6.45, 7) is 3.69. The van der Waals surface area contributed by atoms with Crippen LogP contribution in [0.3, 0.4) is 0 Å². The normalized spacial score (nSPS) is 10.5. The van der Waals surface area contributed by atoms with Gasteiger partial charge in [-0.2, -0.15) is 0 Å². The van der Waals surface area contributed by atoms with E-state index in [9.17, 15) is 9.90 Å². The summed E-state index contributed by atoms with van der Waals surface area (Å²) in [4.78, 5) is 16.3. The number of imidazole rings is 1. The number of nitrogens with zero attached hydrogens (tertiary/aromatic N) is 2. The standard InChI is InChI=1S/C18H17N3O2/c1-12-3-8-16(17(22)13(12)2)18(23)20-14-4-6-15(7-5-14)21-10-9-19-11-21/h3-11,22H,1-2H3,(H,20,23). The van der Waals surface area contributed by atoms with Gasteiger partial charge in [-0.25, -0.2) is 4.98 Å². The smallest absolute Gasteiger partial charge is 0.259 e. The van der Waals surface area contributed by atoms with Gasteiger partial charge in [0.2, 0.25) is 0 Å². The topological polar surface area (TPSA) is 67.2 Å². The average Bonchev–Trinajstić information content (AvgIpc) is 3.08. The first-order chi connectivity index (χ1) is 11.1. The van der Waals surface area contributed by atoms with E-state index in [2.05, 4.69) is 10.3 Å². The monoisotopic (exact) mass is 307 g/mol. The summed E-state index contributed by atoms with van der Waals surface area (Å²) in [5.41, 5.74) is 3.55. The van der Waals surface area contributed by atoms with Gasteiger partial charge in [0.25, 0.3) is 5.91 Å². The van der Waals surface area contributed by atoms with E-state index in [1.165, 1.54) is 0 Å². The van der Waals surface area contributed by atoms with Crippen molar-refractivity contribution in [2.75, 3.05) is 5.32 Å². The van der Waals surface area contributed by atoms with E-state index in [1.54, 1.807) is 25.5 Å². The fourth-order valence-electron chi connectivity index (χ4n) is 2.31. The van der Waals surface area contributed by atoms with E-state index in [0.717, 1.165) is 11.3 Å². The van der Waals surface area contributed by atoms with Crippen LogP contribution in [0.4, 0.5) is 5.69 Å². The Balaban J connectivity index is 1.79. The molecule has 0 saturated heterocycles. The van der Waals surface area contributed by atoms with Crippen LogP contribution in [0.5, 0.6) is 5.75 Å². The number of aromatic hydroxyl groups is 1. The highest BCUT2D eigenvalue weighted by molar-refractivity contribution is 6.06. The predicted octanol–water partition coefficient (Wildman–Crippen LogP) is 3.45. The van der Waals surface area contributed by atoms with Crippen LogP contribution in [-0.2, 0) is 0 Å². The van der Waals surface area contributed by atoms with E-state index >= 15 is 0 Å². The highest BCUT2D eigenvalue weighted by atomic mass is 16.3. The molecule has 0 radical (unpaired) electrons. The number of aryl methyl sites for hydroxylation is 1. The molecule has 0 saturated carbocycles. The van der Waals surface area contributed by atoms with Gasteiger partial charge in [0.1, 0.15) is 5.75 Å². The number of rotatable bonds is 3. The number of amides is 1. The van der Waals surface area contributed by atoms with Crippen LogP contribution in [-0.4, -0.2) is 20.6 Å². The molecule has 2 N–H and O–H groups in total. The largest absolute Gasteiger partial charge is 0.507 e. The van der Waals surface area contributed by atoms with Gasteiger partial charge in [-0.05, 0) is 55.3 Å². The number of anilines is 1. The Kier molecular flexibility index (Phi) is 3.85. The minimum Gasteiger partial charge on any atom is -0.507 e.